The molecular formula is C12H19N5S2. The summed E-state index contributed by atoms with van der Waals surface area (Å²) in [4.78, 5) is 1.05. The van der Waals surface area contributed by atoms with Crippen molar-refractivity contribution in [2.75, 3.05) is 0 Å². The third-order valence-corrected chi connectivity index (χ3v) is 4.31. The van der Waals surface area contributed by atoms with E-state index in [0.717, 1.165) is 27.1 Å². The summed E-state index contributed by atoms with van der Waals surface area (Å²) in [6.45, 7) is 11.4. The Bertz CT molecular complexity index is 538. The summed E-state index contributed by atoms with van der Waals surface area (Å²) in [6, 6.07) is 0. The Balaban J connectivity index is 2.14. The molecule has 0 bridgehead atoms. The van der Waals surface area contributed by atoms with E-state index in [1.165, 1.54) is 11.5 Å². The molecule has 0 atom stereocenters. The Morgan fingerprint density at radius 1 is 1.16 bits per heavy atom. The van der Waals surface area contributed by atoms with E-state index in [4.69, 9.17) is 0 Å². The van der Waals surface area contributed by atoms with Crippen LogP contribution in [0.4, 0.5) is 0 Å². The van der Waals surface area contributed by atoms with Gasteiger partial charge in [0.1, 0.15) is 9.88 Å². The minimum atomic E-state index is 0.0843. The smallest absolute Gasteiger partial charge is 0.161 e. The van der Waals surface area contributed by atoms with Crippen LogP contribution in [0.3, 0.4) is 0 Å². The summed E-state index contributed by atoms with van der Waals surface area (Å²) in [5.41, 5.74) is 1.09. The summed E-state index contributed by atoms with van der Waals surface area (Å²) in [7, 11) is 0. The fourth-order valence-corrected chi connectivity index (χ4v) is 3.15. The Hall–Kier alpha value is -0.920. The van der Waals surface area contributed by atoms with Crippen LogP contribution in [0.2, 0.25) is 0 Å². The van der Waals surface area contributed by atoms with E-state index in [9.17, 15) is 0 Å². The van der Waals surface area contributed by atoms with Crippen molar-refractivity contribution < 1.29 is 0 Å². The highest BCUT2D eigenvalue weighted by atomic mass is 32.1. The molecule has 19 heavy (non-hydrogen) atoms. The summed E-state index contributed by atoms with van der Waals surface area (Å²) in [5, 5.41) is 18.0. The van der Waals surface area contributed by atoms with Crippen molar-refractivity contribution in [2.24, 2.45) is 0 Å². The first kappa shape index (κ1) is 14.5. The number of hydrogen-bond donors (Lipinski definition) is 1. The highest BCUT2D eigenvalue weighted by Crippen LogP contribution is 2.32. The van der Waals surface area contributed by atoms with Crippen LogP contribution in [0.25, 0.3) is 9.88 Å². The molecule has 0 fully saturated rings. The van der Waals surface area contributed by atoms with Gasteiger partial charge in [0.2, 0.25) is 0 Å². The summed E-state index contributed by atoms with van der Waals surface area (Å²) < 4.78 is 4.03. The molecule has 0 saturated carbocycles. The number of aromatic nitrogens is 4. The van der Waals surface area contributed by atoms with Crippen molar-refractivity contribution in [3.05, 3.63) is 10.7 Å². The fraction of sp³-hybridized carbons (Fsp3) is 0.667. The van der Waals surface area contributed by atoms with Gasteiger partial charge in [0.25, 0.3) is 0 Å². The minimum absolute atomic E-state index is 0.0843. The highest BCUT2D eigenvalue weighted by Gasteiger charge is 2.18. The number of nitrogens with zero attached hydrogens (tertiary/aromatic N) is 4. The van der Waals surface area contributed by atoms with Crippen LogP contribution in [-0.2, 0) is 6.54 Å². The first-order chi connectivity index (χ1) is 8.87. The first-order valence-electron chi connectivity index (χ1n) is 6.27. The van der Waals surface area contributed by atoms with E-state index in [0.29, 0.717) is 5.92 Å². The average molecular weight is 297 g/mol. The molecule has 0 aromatic carbocycles. The summed E-state index contributed by atoms with van der Waals surface area (Å²) in [5.74, 6) is 0.355. The van der Waals surface area contributed by atoms with Crippen LogP contribution < -0.4 is 5.32 Å². The predicted octanol–water partition coefficient (Wildman–Crippen LogP) is 3.07. The zero-order valence-electron chi connectivity index (χ0n) is 11.9. The largest absolute Gasteiger partial charge is 0.306 e. The van der Waals surface area contributed by atoms with Gasteiger partial charge in [-0.15, -0.1) is 15.3 Å². The van der Waals surface area contributed by atoms with Gasteiger partial charge in [-0.2, -0.15) is 0 Å². The van der Waals surface area contributed by atoms with Gasteiger partial charge in [-0.05, 0) is 38.2 Å². The van der Waals surface area contributed by atoms with Crippen molar-refractivity contribution >= 4 is 22.9 Å². The van der Waals surface area contributed by atoms with Gasteiger partial charge < -0.3 is 5.32 Å². The molecule has 2 heterocycles. The van der Waals surface area contributed by atoms with Gasteiger partial charge in [0, 0.05) is 5.54 Å². The number of nitrogens with one attached hydrogen (secondary N) is 1. The molecule has 0 unspecified atom stereocenters. The second kappa shape index (κ2) is 5.60. The van der Waals surface area contributed by atoms with Crippen LogP contribution in [0.1, 0.15) is 51.2 Å². The lowest BCUT2D eigenvalue weighted by Crippen LogP contribution is -2.35. The molecular weight excluding hydrogens is 278 g/mol. The SMILES string of the molecule is CC(C)c1nnsc1-c1nnc(CNC(C)(C)C)s1. The van der Waals surface area contributed by atoms with Crippen molar-refractivity contribution in [2.45, 2.75) is 52.6 Å². The maximum absolute atomic E-state index is 4.26. The summed E-state index contributed by atoms with van der Waals surface area (Å²) >= 11 is 3.00. The molecule has 0 aliphatic carbocycles. The molecule has 2 aromatic rings. The Morgan fingerprint density at radius 2 is 1.89 bits per heavy atom. The standard InChI is InChI=1S/C12H19N5S2/c1-7(2)9-10(19-17-15-9)11-16-14-8(18-11)6-13-12(3,4)5/h7,13H,6H2,1-5H3. The minimum Gasteiger partial charge on any atom is -0.306 e. The molecule has 0 saturated heterocycles. The Morgan fingerprint density at radius 3 is 2.53 bits per heavy atom. The number of rotatable bonds is 4. The molecule has 0 spiro atoms. The van der Waals surface area contributed by atoms with Crippen LogP contribution in [0.15, 0.2) is 0 Å². The topological polar surface area (TPSA) is 63.6 Å². The van der Waals surface area contributed by atoms with Gasteiger partial charge in [0.15, 0.2) is 5.01 Å². The fourth-order valence-electron chi connectivity index (χ4n) is 1.48. The van der Waals surface area contributed by atoms with Crippen molar-refractivity contribution in [3.63, 3.8) is 0 Å². The zero-order chi connectivity index (χ0) is 14.0. The molecule has 0 radical (unpaired) electrons. The first-order valence-corrected chi connectivity index (χ1v) is 7.86. The molecule has 1 N–H and O–H groups in total. The molecule has 0 aliphatic rings. The maximum atomic E-state index is 4.26. The van der Waals surface area contributed by atoms with Crippen molar-refractivity contribution in [3.8, 4) is 9.88 Å². The van der Waals surface area contributed by atoms with Crippen molar-refractivity contribution in [1.29, 1.82) is 0 Å². The highest BCUT2D eigenvalue weighted by molar-refractivity contribution is 7.19. The van der Waals surface area contributed by atoms with E-state index < -0.39 is 0 Å². The molecule has 104 valence electrons. The number of hydrogen-bond acceptors (Lipinski definition) is 7. The van der Waals surface area contributed by atoms with Crippen LogP contribution in [0.5, 0.6) is 0 Å². The van der Waals surface area contributed by atoms with E-state index in [1.54, 1.807) is 11.3 Å². The molecule has 5 nitrogen and oxygen atoms in total. The lowest BCUT2D eigenvalue weighted by Gasteiger charge is -2.19. The maximum Gasteiger partial charge on any atom is 0.161 e. The van der Waals surface area contributed by atoms with Gasteiger partial charge in [-0.25, -0.2) is 0 Å². The summed E-state index contributed by atoms with van der Waals surface area (Å²) in [6.07, 6.45) is 0. The molecule has 2 rings (SSSR count). The third kappa shape index (κ3) is 3.77. The van der Waals surface area contributed by atoms with Gasteiger partial charge in [-0.1, -0.05) is 29.7 Å². The normalized spacial score (nSPS) is 12.3. The molecule has 7 heteroatoms. The average Bonchev–Trinajstić information content (AvgIpc) is 2.94. The van der Waals surface area contributed by atoms with Gasteiger partial charge in [-0.3, -0.25) is 0 Å². The quantitative estimate of drug-likeness (QED) is 0.939. The molecule has 2 aromatic heterocycles. The Labute approximate surface area is 121 Å². The van der Waals surface area contributed by atoms with E-state index in [1.807, 2.05) is 0 Å². The van der Waals surface area contributed by atoms with E-state index >= 15 is 0 Å². The van der Waals surface area contributed by atoms with Gasteiger partial charge in [0.05, 0.1) is 12.2 Å². The predicted molar refractivity (Wildman–Crippen MR) is 79.5 cm³/mol. The second-order valence-electron chi connectivity index (χ2n) is 5.75. The lowest BCUT2D eigenvalue weighted by atomic mass is 10.1. The van der Waals surface area contributed by atoms with Crippen LogP contribution >= 0.6 is 22.9 Å². The van der Waals surface area contributed by atoms with Crippen molar-refractivity contribution in [1.82, 2.24) is 25.1 Å². The van der Waals surface area contributed by atoms with Crippen LogP contribution in [-0.4, -0.2) is 25.3 Å². The van der Waals surface area contributed by atoms with Crippen LogP contribution in [0, 0.1) is 0 Å². The van der Waals surface area contributed by atoms with E-state index in [2.05, 4.69) is 59.7 Å². The third-order valence-electron chi connectivity index (χ3n) is 2.49. The zero-order valence-corrected chi connectivity index (χ0v) is 13.5. The second-order valence-corrected chi connectivity index (χ2v) is 7.56. The van der Waals surface area contributed by atoms with E-state index in [-0.39, 0.29) is 5.54 Å². The Kier molecular flexibility index (Phi) is 4.27. The lowest BCUT2D eigenvalue weighted by molar-refractivity contribution is 0.423. The molecule has 0 amide bonds. The van der Waals surface area contributed by atoms with Gasteiger partial charge >= 0.3 is 0 Å². The molecule has 0 aliphatic heterocycles. The monoisotopic (exact) mass is 297 g/mol.